The summed E-state index contributed by atoms with van der Waals surface area (Å²) in [5.41, 5.74) is 2.29. The number of nitrogens with one attached hydrogen (secondary N) is 1. The lowest BCUT2D eigenvalue weighted by Crippen LogP contribution is -2.01. The van der Waals surface area contributed by atoms with E-state index in [-0.39, 0.29) is 6.10 Å². The third-order valence-electron chi connectivity index (χ3n) is 3.55. The van der Waals surface area contributed by atoms with Gasteiger partial charge in [0.1, 0.15) is 11.1 Å². The molecule has 3 rings (SSSR count). The molecule has 0 bridgehead atoms. The van der Waals surface area contributed by atoms with Gasteiger partial charge in [0.2, 0.25) is 0 Å². The number of ether oxygens (including phenoxy) is 2. The number of rotatable bonds is 6. The van der Waals surface area contributed by atoms with Gasteiger partial charge in [-0.15, -0.1) is 11.3 Å². The number of aromatic nitrogens is 1. The van der Waals surface area contributed by atoms with Gasteiger partial charge in [-0.3, -0.25) is 0 Å². The molecule has 1 saturated heterocycles. The summed E-state index contributed by atoms with van der Waals surface area (Å²) in [5.74, 6) is 0. The van der Waals surface area contributed by atoms with Crippen molar-refractivity contribution in [3.63, 3.8) is 0 Å². The van der Waals surface area contributed by atoms with Crippen molar-refractivity contribution in [3.8, 4) is 0 Å². The predicted molar refractivity (Wildman–Crippen MR) is 84.5 cm³/mol. The molecule has 112 valence electrons. The van der Waals surface area contributed by atoms with Crippen LogP contribution in [-0.2, 0) is 22.6 Å². The molecule has 1 fully saturated rings. The summed E-state index contributed by atoms with van der Waals surface area (Å²) in [5, 5.41) is 4.57. The maximum absolute atomic E-state index is 5.68. The molecule has 21 heavy (non-hydrogen) atoms. The number of benzene rings is 1. The van der Waals surface area contributed by atoms with Crippen LogP contribution in [-0.4, -0.2) is 18.7 Å². The van der Waals surface area contributed by atoms with E-state index >= 15 is 0 Å². The molecule has 4 nitrogen and oxygen atoms in total. The Morgan fingerprint density at radius 2 is 2.33 bits per heavy atom. The van der Waals surface area contributed by atoms with Gasteiger partial charge >= 0.3 is 0 Å². The minimum absolute atomic E-state index is 0.213. The summed E-state index contributed by atoms with van der Waals surface area (Å²) >= 11 is 1.74. The summed E-state index contributed by atoms with van der Waals surface area (Å²) in [4.78, 5) is 5.73. The van der Waals surface area contributed by atoms with Crippen LogP contribution in [0.4, 0.5) is 5.69 Å². The zero-order chi connectivity index (χ0) is 14.5. The van der Waals surface area contributed by atoms with E-state index in [1.165, 1.54) is 10.4 Å². The smallest absolute Gasteiger partial charge is 0.122 e. The van der Waals surface area contributed by atoms with E-state index in [1.807, 2.05) is 18.3 Å². The second kappa shape index (κ2) is 7.02. The lowest BCUT2D eigenvalue weighted by molar-refractivity contribution is 0.111. The number of hydrogen-bond donors (Lipinski definition) is 1. The molecule has 0 radical (unpaired) electrons. The van der Waals surface area contributed by atoms with Crippen LogP contribution in [0.1, 0.15) is 34.4 Å². The van der Waals surface area contributed by atoms with E-state index in [2.05, 4.69) is 22.4 Å². The predicted octanol–water partition coefficient (Wildman–Crippen LogP) is 3.75. The zero-order valence-corrected chi connectivity index (χ0v) is 13.0. The summed E-state index contributed by atoms with van der Waals surface area (Å²) in [6, 6.07) is 8.22. The lowest BCUT2D eigenvalue weighted by Gasteiger charge is -2.10. The average Bonchev–Trinajstić information content (AvgIpc) is 3.18. The Morgan fingerprint density at radius 1 is 1.43 bits per heavy atom. The molecule has 1 aromatic carbocycles. The molecule has 0 aliphatic carbocycles. The van der Waals surface area contributed by atoms with Crippen molar-refractivity contribution < 1.29 is 9.47 Å². The second-order valence-corrected chi connectivity index (χ2v) is 6.26. The van der Waals surface area contributed by atoms with Crippen molar-refractivity contribution in [2.75, 3.05) is 19.0 Å². The molecule has 1 aromatic heterocycles. The Bertz CT molecular complexity index is 579. The topological polar surface area (TPSA) is 43.4 Å². The SMILES string of the molecule is COCc1ccccc1NCc1cnc(C2CCCO2)s1. The van der Waals surface area contributed by atoms with Crippen molar-refractivity contribution in [1.29, 1.82) is 0 Å². The first-order valence-electron chi connectivity index (χ1n) is 7.23. The van der Waals surface area contributed by atoms with Crippen LogP contribution in [0.15, 0.2) is 30.5 Å². The molecule has 1 unspecified atom stereocenters. The number of anilines is 1. The molecular weight excluding hydrogens is 284 g/mol. The Balaban J connectivity index is 1.62. The highest BCUT2D eigenvalue weighted by Crippen LogP contribution is 2.31. The van der Waals surface area contributed by atoms with Crippen molar-refractivity contribution >= 4 is 17.0 Å². The van der Waals surface area contributed by atoms with Crippen LogP contribution in [0.25, 0.3) is 0 Å². The Labute approximate surface area is 129 Å². The van der Waals surface area contributed by atoms with Gasteiger partial charge in [-0.05, 0) is 18.9 Å². The van der Waals surface area contributed by atoms with E-state index in [0.29, 0.717) is 6.61 Å². The molecule has 0 amide bonds. The quantitative estimate of drug-likeness (QED) is 0.882. The van der Waals surface area contributed by atoms with Gasteiger partial charge in [0.25, 0.3) is 0 Å². The molecule has 2 heterocycles. The molecule has 5 heteroatoms. The average molecular weight is 304 g/mol. The van der Waals surface area contributed by atoms with Gasteiger partial charge < -0.3 is 14.8 Å². The van der Waals surface area contributed by atoms with Gasteiger partial charge in [-0.25, -0.2) is 4.98 Å². The molecule has 1 atom stereocenters. The third-order valence-corrected chi connectivity index (χ3v) is 4.64. The largest absolute Gasteiger partial charge is 0.380 e. The summed E-state index contributed by atoms with van der Waals surface area (Å²) in [6.07, 6.45) is 4.40. The van der Waals surface area contributed by atoms with Crippen LogP contribution in [0.5, 0.6) is 0 Å². The fourth-order valence-corrected chi connectivity index (χ4v) is 3.42. The van der Waals surface area contributed by atoms with E-state index in [0.717, 1.165) is 36.7 Å². The Morgan fingerprint density at radius 3 is 3.14 bits per heavy atom. The number of methoxy groups -OCH3 is 1. The van der Waals surface area contributed by atoms with Gasteiger partial charge in [0.05, 0.1) is 13.2 Å². The summed E-state index contributed by atoms with van der Waals surface area (Å²) in [6.45, 7) is 2.26. The number of hydrogen-bond acceptors (Lipinski definition) is 5. The second-order valence-electron chi connectivity index (χ2n) is 5.11. The highest BCUT2D eigenvalue weighted by molar-refractivity contribution is 7.11. The van der Waals surface area contributed by atoms with Crippen molar-refractivity contribution in [3.05, 3.63) is 45.9 Å². The van der Waals surface area contributed by atoms with Crippen LogP contribution in [0, 0.1) is 0 Å². The molecular formula is C16H20N2O2S. The summed E-state index contributed by atoms with van der Waals surface area (Å²) < 4.78 is 10.9. The van der Waals surface area contributed by atoms with Gasteiger partial charge in [-0.1, -0.05) is 18.2 Å². The zero-order valence-electron chi connectivity index (χ0n) is 12.2. The normalized spacial score (nSPS) is 18.0. The molecule has 2 aromatic rings. The van der Waals surface area contributed by atoms with E-state index in [9.17, 15) is 0 Å². The van der Waals surface area contributed by atoms with E-state index in [4.69, 9.17) is 9.47 Å². The minimum atomic E-state index is 0.213. The fourth-order valence-electron chi connectivity index (χ4n) is 2.48. The molecule has 1 aliphatic rings. The Hall–Kier alpha value is -1.43. The first-order chi connectivity index (χ1) is 10.4. The maximum atomic E-state index is 5.68. The third kappa shape index (κ3) is 3.61. The van der Waals surface area contributed by atoms with Crippen LogP contribution in [0.2, 0.25) is 0 Å². The fraction of sp³-hybridized carbons (Fsp3) is 0.438. The number of thiazole rings is 1. The molecule has 0 spiro atoms. The number of para-hydroxylation sites is 1. The minimum Gasteiger partial charge on any atom is -0.380 e. The van der Waals surface area contributed by atoms with Gasteiger partial charge in [0.15, 0.2) is 0 Å². The molecule has 1 N–H and O–H groups in total. The van der Waals surface area contributed by atoms with E-state index < -0.39 is 0 Å². The molecule has 1 aliphatic heterocycles. The monoisotopic (exact) mass is 304 g/mol. The van der Waals surface area contributed by atoms with Crippen molar-refractivity contribution in [2.24, 2.45) is 0 Å². The highest BCUT2D eigenvalue weighted by Gasteiger charge is 2.20. The van der Waals surface area contributed by atoms with E-state index in [1.54, 1.807) is 18.4 Å². The molecule has 0 saturated carbocycles. The van der Waals surface area contributed by atoms with Crippen molar-refractivity contribution in [2.45, 2.75) is 32.1 Å². The lowest BCUT2D eigenvalue weighted by atomic mass is 10.2. The first kappa shape index (κ1) is 14.5. The van der Waals surface area contributed by atoms with Crippen molar-refractivity contribution in [1.82, 2.24) is 4.98 Å². The van der Waals surface area contributed by atoms with Gasteiger partial charge in [0, 0.05) is 36.0 Å². The number of nitrogens with zero attached hydrogens (tertiary/aromatic N) is 1. The van der Waals surface area contributed by atoms with Crippen LogP contribution in [0.3, 0.4) is 0 Å². The van der Waals surface area contributed by atoms with Crippen LogP contribution < -0.4 is 5.32 Å². The summed E-state index contributed by atoms with van der Waals surface area (Å²) in [7, 11) is 1.72. The Kier molecular flexibility index (Phi) is 4.85. The first-order valence-corrected chi connectivity index (χ1v) is 8.05. The highest BCUT2D eigenvalue weighted by atomic mass is 32.1. The maximum Gasteiger partial charge on any atom is 0.122 e. The van der Waals surface area contributed by atoms with Gasteiger partial charge in [-0.2, -0.15) is 0 Å². The standard InChI is InChI=1S/C16H20N2O2S/c1-19-11-12-5-2-3-6-14(12)17-9-13-10-18-16(21-13)15-7-4-8-20-15/h2-3,5-6,10,15,17H,4,7-9,11H2,1H3. The van der Waals surface area contributed by atoms with Crippen LogP contribution >= 0.6 is 11.3 Å².